The number of hydrogen-bond acceptors (Lipinski definition) is 3. The molecular weight excluding hydrogens is 108 g/mol. The fraction of sp³-hybridized carbons (Fsp3) is 0.400. The Morgan fingerprint density at radius 1 is 1.62 bits per heavy atom. The zero-order chi connectivity index (χ0) is 7.86. The van der Waals surface area contributed by atoms with Crippen LogP contribution < -0.4 is 0 Å². The predicted molar refractivity (Wildman–Crippen MR) is 28.5 cm³/mol. The minimum Gasteiger partial charge on any atom is -0.304 e. The van der Waals surface area contributed by atoms with Crippen LogP contribution in [0.25, 0.3) is 0 Å². The molecule has 46 valence electrons. The highest BCUT2D eigenvalue weighted by Crippen LogP contribution is 1.48. The second-order valence-electron chi connectivity index (χ2n) is 0.894. The summed E-state index contributed by atoms with van der Waals surface area (Å²) in [7, 11) is 0. The highest BCUT2D eigenvalue weighted by Gasteiger charge is 1.76. The molecule has 0 amide bonds. The van der Waals surface area contributed by atoms with Crippen molar-refractivity contribution in [1.29, 1.82) is 0 Å². The standard InChI is InChI=1S/C3H4O2.C2H4O/c1-3(5)2-4;1-2-3/h2H,1H3;2H,1H3/i2T;. The van der Waals surface area contributed by atoms with Crippen LogP contribution in [0.4, 0.5) is 0 Å². The van der Waals surface area contributed by atoms with Crippen LogP contribution in [0.15, 0.2) is 0 Å². The van der Waals surface area contributed by atoms with E-state index in [-0.39, 0.29) is 0 Å². The molecule has 0 rings (SSSR count). The number of aldehydes is 2. The van der Waals surface area contributed by atoms with Crippen LogP contribution >= 0.6 is 0 Å². The van der Waals surface area contributed by atoms with Gasteiger partial charge in [0.1, 0.15) is 7.66 Å². The lowest BCUT2D eigenvalue weighted by Gasteiger charge is -1.57. The van der Waals surface area contributed by atoms with Crippen molar-refractivity contribution < 1.29 is 15.8 Å². The van der Waals surface area contributed by atoms with Gasteiger partial charge in [0, 0.05) is 6.92 Å². The molecule has 0 radical (unpaired) electrons. The molecule has 0 aromatic carbocycles. The second-order valence-corrected chi connectivity index (χ2v) is 0.894. The molecule has 0 bridgehead atoms. The van der Waals surface area contributed by atoms with Crippen LogP contribution in [0.1, 0.15) is 15.2 Å². The first-order chi connectivity index (χ1) is 4.06. The Bertz CT molecular complexity index is 107. The highest BCUT2D eigenvalue weighted by atomic mass is 16.2. The van der Waals surface area contributed by atoms with Crippen LogP contribution in [-0.2, 0) is 14.4 Å². The smallest absolute Gasteiger partial charge is 0.192 e. The Kier molecular flexibility index (Phi) is 8.22. The molecule has 0 atom stereocenters. The van der Waals surface area contributed by atoms with Gasteiger partial charge in [-0.25, -0.2) is 0 Å². The summed E-state index contributed by atoms with van der Waals surface area (Å²) < 4.78 is 6.04. The van der Waals surface area contributed by atoms with Gasteiger partial charge in [-0.15, -0.1) is 0 Å². The maximum atomic E-state index is 9.61. The highest BCUT2D eigenvalue weighted by molar-refractivity contribution is 6.23. The van der Waals surface area contributed by atoms with Gasteiger partial charge in [-0.1, -0.05) is 0 Å². The quantitative estimate of drug-likeness (QED) is 0.359. The molecule has 3 heteroatoms. The monoisotopic (exact) mass is 118 g/mol. The molecule has 0 aliphatic carbocycles. The summed E-state index contributed by atoms with van der Waals surface area (Å²) in [6, 6.07) is 0. The van der Waals surface area contributed by atoms with E-state index in [1.54, 1.807) is 0 Å². The Hall–Kier alpha value is -0.990. The van der Waals surface area contributed by atoms with E-state index < -0.39 is 12.0 Å². The van der Waals surface area contributed by atoms with Crippen molar-refractivity contribution in [3.63, 3.8) is 0 Å². The van der Waals surface area contributed by atoms with E-state index in [0.717, 1.165) is 13.2 Å². The maximum absolute atomic E-state index is 9.61. The van der Waals surface area contributed by atoms with Crippen molar-refractivity contribution in [2.24, 2.45) is 0 Å². The second kappa shape index (κ2) is 9.38. The van der Waals surface area contributed by atoms with E-state index in [1.807, 2.05) is 0 Å². The number of carbonyl (C=O) groups is 3. The number of Topliss-reactive ketones (excluding diaryl/α,β-unsaturated/α-hetero) is 1. The lowest BCUT2D eigenvalue weighted by molar-refractivity contribution is -0.128. The lowest BCUT2D eigenvalue weighted by Crippen LogP contribution is -1.85. The molecule has 3 nitrogen and oxygen atoms in total. The van der Waals surface area contributed by atoms with Gasteiger partial charge in [0.05, 0.1) is 0 Å². The first-order valence-corrected chi connectivity index (χ1v) is 1.97. The third-order valence-corrected chi connectivity index (χ3v) is 0.144. The molecule has 0 aromatic rings. The van der Waals surface area contributed by atoms with Crippen LogP contribution in [0, 0.1) is 0 Å². The SMILES string of the molecule is CC=O.[3H]C(=O)C(C)=O. The van der Waals surface area contributed by atoms with Crippen LogP contribution in [0.3, 0.4) is 0 Å². The number of hydrogen-bond donors (Lipinski definition) is 0. The molecule has 0 aromatic heterocycles. The van der Waals surface area contributed by atoms with Crippen LogP contribution in [0.5, 0.6) is 0 Å². The minimum absolute atomic E-state index is 0.713. The fourth-order valence-corrected chi connectivity index (χ4v) is 0. The average molecular weight is 118 g/mol. The van der Waals surface area contributed by atoms with Crippen molar-refractivity contribution in [3.05, 3.63) is 0 Å². The summed E-state index contributed by atoms with van der Waals surface area (Å²) in [5.41, 5.74) is 0. The molecule has 0 N–H and O–H groups in total. The van der Waals surface area contributed by atoms with Crippen molar-refractivity contribution >= 4 is 18.3 Å². The van der Waals surface area contributed by atoms with Gasteiger partial charge in [-0.3, -0.25) is 9.59 Å². The zero-order valence-electron chi connectivity index (χ0n) is 5.80. The van der Waals surface area contributed by atoms with E-state index in [1.165, 1.54) is 6.92 Å². The summed E-state index contributed by atoms with van der Waals surface area (Å²) in [4.78, 5) is 27.9. The molecule has 0 heterocycles. The molecule has 0 aliphatic heterocycles. The summed E-state index contributed by atoms with van der Waals surface area (Å²) in [5, 5.41) is 0. The number of rotatable bonds is 1. The minimum atomic E-state index is -1.13. The van der Waals surface area contributed by atoms with Crippen LogP contribution in [-0.4, -0.2) is 18.3 Å². The topological polar surface area (TPSA) is 51.2 Å². The van der Waals surface area contributed by atoms with Gasteiger partial charge in [-0.05, 0) is 6.92 Å². The van der Waals surface area contributed by atoms with E-state index in [2.05, 4.69) is 0 Å². The van der Waals surface area contributed by atoms with Crippen molar-refractivity contribution in [1.82, 2.24) is 0 Å². The van der Waals surface area contributed by atoms with Gasteiger partial charge in [0.15, 0.2) is 12.0 Å². The van der Waals surface area contributed by atoms with E-state index in [9.17, 15) is 9.59 Å². The molecule has 0 unspecified atom stereocenters. The molecular formula is C5H8O3. The Morgan fingerprint density at radius 3 is 1.75 bits per heavy atom. The third kappa shape index (κ3) is 79.0. The predicted octanol–water partition coefficient (Wildman–Crippen LogP) is -0.0205. The first-order valence-electron chi connectivity index (χ1n) is 2.47. The molecule has 0 aliphatic rings. The van der Waals surface area contributed by atoms with Crippen LogP contribution in [0.2, 0.25) is 0 Å². The summed E-state index contributed by atoms with van der Waals surface area (Å²) in [6.45, 7) is 2.51. The normalized spacial score (nSPS) is 7.50. The van der Waals surface area contributed by atoms with Gasteiger partial charge >= 0.3 is 0 Å². The molecule has 0 spiro atoms. The lowest BCUT2D eigenvalue weighted by atomic mass is 10.5. The molecule has 0 saturated heterocycles. The Balaban J connectivity index is 0. The third-order valence-electron chi connectivity index (χ3n) is 0.144. The van der Waals surface area contributed by atoms with Gasteiger partial charge in [0.2, 0.25) is 0 Å². The Labute approximate surface area is 49.1 Å². The maximum Gasteiger partial charge on any atom is 0.192 e. The zero-order valence-corrected chi connectivity index (χ0v) is 4.80. The molecule has 0 fully saturated rings. The van der Waals surface area contributed by atoms with E-state index in [0.29, 0.717) is 0 Å². The summed E-state index contributed by atoms with van der Waals surface area (Å²) in [5.74, 6) is -0.713. The largest absolute Gasteiger partial charge is 0.304 e. The summed E-state index contributed by atoms with van der Waals surface area (Å²) in [6.07, 6.45) is -0.380. The molecule has 8 heavy (non-hydrogen) atoms. The number of ketones is 1. The molecule has 0 saturated carbocycles. The fourth-order valence-electron chi connectivity index (χ4n) is 0. The first kappa shape index (κ1) is 7.01. The van der Waals surface area contributed by atoms with Crippen molar-refractivity contribution in [2.75, 3.05) is 0 Å². The van der Waals surface area contributed by atoms with E-state index >= 15 is 0 Å². The van der Waals surface area contributed by atoms with Crippen molar-refractivity contribution in [2.45, 2.75) is 13.8 Å². The average Bonchev–Trinajstić information content (AvgIpc) is 1.68. The Morgan fingerprint density at radius 2 is 1.75 bits per heavy atom. The van der Waals surface area contributed by atoms with Gasteiger partial charge < -0.3 is 4.79 Å². The van der Waals surface area contributed by atoms with Gasteiger partial charge in [-0.2, -0.15) is 0 Å². The van der Waals surface area contributed by atoms with E-state index in [4.69, 9.17) is 6.17 Å². The van der Waals surface area contributed by atoms with Gasteiger partial charge in [0.25, 0.3) is 0 Å². The number of carbonyl (C=O) groups excluding carboxylic acids is 3. The summed E-state index contributed by atoms with van der Waals surface area (Å²) >= 11 is 0. The van der Waals surface area contributed by atoms with Crippen molar-refractivity contribution in [3.8, 4) is 0 Å².